The number of non-ortho nitro benzene ring substituents is 1. The Morgan fingerprint density at radius 1 is 1.09 bits per heavy atom. The summed E-state index contributed by atoms with van der Waals surface area (Å²) in [5.41, 5.74) is -0.819. The third kappa shape index (κ3) is 5.81. The summed E-state index contributed by atoms with van der Waals surface area (Å²) in [6.45, 7) is 2.79. The van der Waals surface area contributed by atoms with Gasteiger partial charge < -0.3 is 10.1 Å². The Labute approximate surface area is 195 Å². The standard InChI is InChI=1S/C21H17ClF4N4O4/c1-10-3-11(2)5-14(4-10)34-15-7-12(6-13(8-15)30(32)33)27-16(31)9-29-19(21(25)26)17(22)18(28-29)20(23)24/h3-8,20-21H,9H2,1-2H3,(H,27,31). The fourth-order valence-electron chi connectivity index (χ4n) is 3.23. The molecule has 2 aromatic carbocycles. The number of amides is 1. The molecular weight excluding hydrogens is 484 g/mol. The highest BCUT2D eigenvalue weighted by atomic mass is 35.5. The lowest BCUT2D eigenvalue weighted by molar-refractivity contribution is -0.384. The minimum absolute atomic E-state index is 0.0323. The molecule has 3 rings (SSSR count). The van der Waals surface area contributed by atoms with Crippen molar-refractivity contribution in [2.45, 2.75) is 33.2 Å². The maximum absolute atomic E-state index is 13.3. The lowest BCUT2D eigenvalue weighted by Crippen LogP contribution is -2.21. The Bertz CT molecular complexity index is 1230. The fraction of sp³-hybridized carbons (Fsp3) is 0.238. The first-order chi connectivity index (χ1) is 15.9. The fourth-order valence-corrected chi connectivity index (χ4v) is 3.53. The van der Waals surface area contributed by atoms with Crippen LogP contribution in [0, 0.1) is 24.0 Å². The van der Waals surface area contributed by atoms with Crippen LogP contribution in [0.5, 0.6) is 11.5 Å². The summed E-state index contributed by atoms with van der Waals surface area (Å²) in [6, 6.07) is 8.78. The largest absolute Gasteiger partial charge is 0.457 e. The molecule has 1 N–H and O–H groups in total. The Hall–Kier alpha value is -3.67. The van der Waals surface area contributed by atoms with Gasteiger partial charge in [0.25, 0.3) is 18.5 Å². The molecule has 0 unspecified atom stereocenters. The summed E-state index contributed by atoms with van der Waals surface area (Å²) in [7, 11) is 0. The van der Waals surface area contributed by atoms with Crippen LogP contribution < -0.4 is 10.1 Å². The third-order valence-corrected chi connectivity index (χ3v) is 4.87. The van der Waals surface area contributed by atoms with Gasteiger partial charge in [-0.25, -0.2) is 17.6 Å². The molecule has 0 saturated heterocycles. The van der Waals surface area contributed by atoms with Crippen LogP contribution in [0.2, 0.25) is 5.02 Å². The van der Waals surface area contributed by atoms with Crippen LogP contribution in [-0.2, 0) is 11.3 Å². The van der Waals surface area contributed by atoms with Crippen molar-refractivity contribution in [2.75, 3.05) is 5.32 Å². The molecule has 13 heteroatoms. The van der Waals surface area contributed by atoms with Crippen LogP contribution in [0.3, 0.4) is 0 Å². The van der Waals surface area contributed by atoms with Crippen LogP contribution in [-0.4, -0.2) is 20.6 Å². The van der Waals surface area contributed by atoms with E-state index in [1.807, 2.05) is 19.9 Å². The first-order valence-corrected chi connectivity index (χ1v) is 10.00. The summed E-state index contributed by atoms with van der Waals surface area (Å²) in [6.07, 6.45) is -6.49. The predicted octanol–water partition coefficient (Wildman–Crippen LogP) is 6.37. The van der Waals surface area contributed by atoms with Gasteiger partial charge >= 0.3 is 0 Å². The second kappa shape index (κ2) is 10.1. The number of rotatable bonds is 8. The molecular formula is C21H17ClF4N4O4. The number of nitro groups is 1. The smallest absolute Gasteiger partial charge is 0.283 e. The van der Waals surface area contributed by atoms with Crippen molar-refractivity contribution in [2.24, 2.45) is 0 Å². The van der Waals surface area contributed by atoms with Gasteiger partial charge in [-0.05, 0) is 37.1 Å². The molecule has 180 valence electrons. The molecule has 34 heavy (non-hydrogen) atoms. The van der Waals surface area contributed by atoms with Gasteiger partial charge in [-0.15, -0.1) is 0 Å². The summed E-state index contributed by atoms with van der Waals surface area (Å²) in [4.78, 5) is 23.0. The van der Waals surface area contributed by atoms with Crippen LogP contribution in [0.4, 0.5) is 28.9 Å². The molecule has 8 nitrogen and oxygen atoms in total. The van der Waals surface area contributed by atoms with E-state index in [1.165, 1.54) is 6.07 Å². The molecule has 0 fully saturated rings. The van der Waals surface area contributed by atoms with E-state index in [-0.39, 0.29) is 11.4 Å². The number of benzene rings is 2. The second-order valence-electron chi connectivity index (χ2n) is 7.29. The molecule has 0 saturated carbocycles. The number of aromatic nitrogens is 2. The van der Waals surface area contributed by atoms with Gasteiger partial charge in [0.05, 0.1) is 21.7 Å². The average Bonchev–Trinajstić information content (AvgIpc) is 3.02. The normalized spacial score (nSPS) is 11.2. The van der Waals surface area contributed by atoms with E-state index in [4.69, 9.17) is 16.3 Å². The zero-order valence-electron chi connectivity index (χ0n) is 17.7. The van der Waals surface area contributed by atoms with Crippen LogP contribution >= 0.6 is 11.6 Å². The number of alkyl halides is 4. The van der Waals surface area contributed by atoms with Gasteiger partial charge in [-0.3, -0.25) is 19.6 Å². The molecule has 0 radical (unpaired) electrons. The highest BCUT2D eigenvalue weighted by molar-refractivity contribution is 6.32. The molecule has 0 aliphatic heterocycles. The molecule has 1 aromatic heterocycles. The number of nitrogens with one attached hydrogen (secondary N) is 1. The van der Waals surface area contributed by atoms with Gasteiger partial charge in [-0.1, -0.05) is 17.7 Å². The van der Waals surface area contributed by atoms with Crippen LogP contribution in [0.25, 0.3) is 0 Å². The number of ether oxygens (including phenoxy) is 1. The highest BCUT2D eigenvalue weighted by Crippen LogP contribution is 2.35. The van der Waals surface area contributed by atoms with Crippen LogP contribution in [0.15, 0.2) is 36.4 Å². The number of hydrogen-bond acceptors (Lipinski definition) is 5. The van der Waals surface area contributed by atoms with E-state index in [0.29, 0.717) is 10.4 Å². The predicted molar refractivity (Wildman–Crippen MR) is 115 cm³/mol. The summed E-state index contributed by atoms with van der Waals surface area (Å²) < 4.78 is 58.6. The Morgan fingerprint density at radius 3 is 2.26 bits per heavy atom. The zero-order chi connectivity index (χ0) is 25.2. The van der Waals surface area contributed by atoms with E-state index >= 15 is 0 Å². The van der Waals surface area contributed by atoms with Gasteiger partial charge in [0, 0.05) is 12.1 Å². The average molecular weight is 501 g/mol. The van der Waals surface area contributed by atoms with E-state index < -0.39 is 52.3 Å². The van der Waals surface area contributed by atoms with Crippen molar-refractivity contribution in [3.8, 4) is 11.5 Å². The van der Waals surface area contributed by atoms with E-state index in [1.54, 1.807) is 12.1 Å². The topological polar surface area (TPSA) is 99.3 Å². The maximum atomic E-state index is 13.3. The number of carbonyl (C=O) groups excluding carboxylic acids is 1. The van der Waals surface area contributed by atoms with Crippen molar-refractivity contribution >= 4 is 28.9 Å². The number of nitrogens with zero attached hydrogens (tertiary/aromatic N) is 3. The molecule has 0 bridgehead atoms. The van der Waals surface area contributed by atoms with Crippen molar-refractivity contribution < 1.29 is 32.0 Å². The minimum atomic E-state index is -3.27. The summed E-state index contributed by atoms with van der Waals surface area (Å²) >= 11 is 5.57. The number of nitro benzene ring substituents is 1. The van der Waals surface area contributed by atoms with E-state index in [2.05, 4.69) is 10.4 Å². The molecule has 1 amide bonds. The highest BCUT2D eigenvalue weighted by Gasteiger charge is 2.28. The first kappa shape index (κ1) is 25.0. The first-order valence-electron chi connectivity index (χ1n) is 9.62. The van der Waals surface area contributed by atoms with Crippen molar-refractivity contribution in [3.05, 3.63) is 74.0 Å². The third-order valence-electron chi connectivity index (χ3n) is 4.48. The van der Waals surface area contributed by atoms with Gasteiger partial charge in [0.15, 0.2) is 0 Å². The molecule has 1 heterocycles. The summed E-state index contributed by atoms with van der Waals surface area (Å²) in [5.74, 6) is -0.521. The van der Waals surface area contributed by atoms with Crippen molar-refractivity contribution in [3.63, 3.8) is 0 Å². The minimum Gasteiger partial charge on any atom is -0.457 e. The number of aryl methyl sites for hydroxylation is 2. The Morgan fingerprint density at radius 2 is 1.71 bits per heavy atom. The molecule has 0 aliphatic carbocycles. The van der Waals surface area contributed by atoms with Gasteiger partial charge in [0.2, 0.25) is 5.91 Å². The van der Waals surface area contributed by atoms with Crippen molar-refractivity contribution in [1.29, 1.82) is 0 Å². The monoisotopic (exact) mass is 500 g/mol. The molecule has 0 aliphatic rings. The molecule has 0 atom stereocenters. The zero-order valence-corrected chi connectivity index (χ0v) is 18.4. The Kier molecular flexibility index (Phi) is 7.40. The number of carbonyl (C=O) groups is 1. The van der Waals surface area contributed by atoms with Crippen LogP contribution in [0.1, 0.15) is 35.4 Å². The quantitative estimate of drug-likeness (QED) is 0.220. The number of halogens is 5. The molecule has 3 aromatic rings. The number of anilines is 1. The van der Waals surface area contributed by atoms with Crippen molar-refractivity contribution in [1.82, 2.24) is 9.78 Å². The van der Waals surface area contributed by atoms with E-state index in [9.17, 15) is 32.5 Å². The lowest BCUT2D eigenvalue weighted by atomic mass is 10.1. The SMILES string of the molecule is Cc1cc(C)cc(Oc2cc(NC(=O)Cn3nc(C(F)F)c(Cl)c3C(F)F)cc([N+](=O)[O-])c2)c1. The van der Waals surface area contributed by atoms with Gasteiger partial charge in [0.1, 0.15) is 29.4 Å². The lowest BCUT2D eigenvalue weighted by Gasteiger charge is -2.11. The second-order valence-corrected chi connectivity index (χ2v) is 7.67. The number of hydrogen-bond donors (Lipinski definition) is 1. The maximum Gasteiger partial charge on any atom is 0.283 e. The summed E-state index contributed by atoms with van der Waals surface area (Å²) in [5, 5.41) is 16.0. The van der Waals surface area contributed by atoms with Gasteiger partial charge in [-0.2, -0.15) is 5.10 Å². The molecule has 0 spiro atoms. The Balaban J connectivity index is 1.87. The van der Waals surface area contributed by atoms with E-state index in [0.717, 1.165) is 23.3 Å².